The molecular weight excluding hydrogens is 256 g/mol. The van der Waals surface area contributed by atoms with E-state index in [0.29, 0.717) is 12.0 Å². The van der Waals surface area contributed by atoms with Gasteiger partial charge >= 0.3 is 0 Å². The first-order valence-corrected chi connectivity index (χ1v) is 7.82. The summed E-state index contributed by atoms with van der Waals surface area (Å²) in [5.74, 6) is 1.38. The number of hydrogen-bond donors (Lipinski definition) is 2. The van der Waals surface area contributed by atoms with E-state index in [1.54, 1.807) is 7.05 Å². The molecule has 2 rings (SSSR count). The van der Waals surface area contributed by atoms with E-state index in [4.69, 9.17) is 5.73 Å². The third-order valence-electron chi connectivity index (χ3n) is 3.85. The molecule has 1 fully saturated rings. The van der Waals surface area contributed by atoms with Gasteiger partial charge < -0.3 is 11.1 Å². The second-order valence-electron chi connectivity index (χ2n) is 5.24. The van der Waals surface area contributed by atoms with Crippen LogP contribution in [0.2, 0.25) is 0 Å². The van der Waals surface area contributed by atoms with E-state index in [-0.39, 0.29) is 0 Å². The van der Waals surface area contributed by atoms with Crippen LogP contribution in [0, 0.1) is 5.92 Å². The molecular formula is C14H24N4S. The Morgan fingerprint density at radius 2 is 2.32 bits per heavy atom. The minimum absolute atomic E-state index is 0.410. The predicted molar refractivity (Wildman–Crippen MR) is 82.6 cm³/mol. The molecule has 5 heteroatoms. The summed E-state index contributed by atoms with van der Waals surface area (Å²) in [7, 11) is 1.71. The summed E-state index contributed by atoms with van der Waals surface area (Å²) in [4.78, 5) is 7.95. The van der Waals surface area contributed by atoms with Gasteiger partial charge in [0.15, 0.2) is 5.96 Å². The Morgan fingerprint density at radius 1 is 1.58 bits per heavy atom. The summed E-state index contributed by atoms with van der Waals surface area (Å²) in [5.41, 5.74) is 5.75. The molecule has 1 atom stereocenters. The van der Waals surface area contributed by atoms with Crippen molar-refractivity contribution in [2.24, 2.45) is 16.6 Å². The molecule has 3 N–H and O–H groups in total. The first-order valence-electron chi connectivity index (χ1n) is 6.94. The van der Waals surface area contributed by atoms with Gasteiger partial charge in [0.2, 0.25) is 0 Å². The number of aliphatic imine (C=N–C) groups is 1. The lowest BCUT2D eigenvalue weighted by Crippen LogP contribution is -2.43. The van der Waals surface area contributed by atoms with Crippen LogP contribution in [0.15, 0.2) is 22.5 Å². The van der Waals surface area contributed by atoms with E-state index < -0.39 is 0 Å². The number of nitrogens with one attached hydrogen (secondary N) is 1. The first-order chi connectivity index (χ1) is 9.20. The molecule has 0 bridgehead atoms. The van der Waals surface area contributed by atoms with Gasteiger partial charge in [-0.1, -0.05) is 13.0 Å². The zero-order chi connectivity index (χ0) is 13.7. The Bertz CT molecular complexity index is 394. The van der Waals surface area contributed by atoms with Gasteiger partial charge in [-0.15, -0.1) is 11.3 Å². The lowest BCUT2D eigenvalue weighted by atomic mass is 9.97. The van der Waals surface area contributed by atoms with Crippen molar-refractivity contribution in [3.63, 3.8) is 0 Å². The summed E-state index contributed by atoms with van der Waals surface area (Å²) < 4.78 is 0. The highest BCUT2D eigenvalue weighted by atomic mass is 32.1. The zero-order valence-corrected chi connectivity index (χ0v) is 12.6. The lowest BCUT2D eigenvalue weighted by Gasteiger charge is -2.36. The first kappa shape index (κ1) is 14.3. The van der Waals surface area contributed by atoms with Crippen molar-refractivity contribution in [3.8, 4) is 0 Å². The molecule has 106 valence electrons. The number of thiophene rings is 1. The standard InChI is InChI=1S/C14H24N4S/c1-11-5-7-18(8-6-11)12(10-17-14(15)16-2)13-4-3-9-19-13/h3-4,9,11-12H,5-8,10H2,1-2H3,(H3,15,16,17)/t12-/m0/s1. The fourth-order valence-electron chi connectivity index (χ4n) is 2.51. The normalized spacial score (nSPS) is 20.4. The van der Waals surface area contributed by atoms with Crippen molar-refractivity contribution in [2.75, 3.05) is 26.7 Å². The molecule has 2 heterocycles. The van der Waals surface area contributed by atoms with E-state index >= 15 is 0 Å². The van der Waals surface area contributed by atoms with Gasteiger partial charge in [0.05, 0.1) is 6.04 Å². The van der Waals surface area contributed by atoms with Crippen molar-refractivity contribution < 1.29 is 0 Å². The van der Waals surface area contributed by atoms with Crippen molar-refractivity contribution in [1.29, 1.82) is 0 Å². The van der Waals surface area contributed by atoms with E-state index in [2.05, 4.69) is 39.6 Å². The van der Waals surface area contributed by atoms with E-state index in [1.807, 2.05) is 11.3 Å². The van der Waals surface area contributed by atoms with Gasteiger partial charge in [-0.3, -0.25) is 9.89 Å². The Hall–Kier alpha value is -1.07. The topological polar surface area (TPSA) is 53.6 Å². The summed E-state index contributed by atoms with van der Waals surface area (Å²) >= 11 is 1.82. The quantitative estimate of drug-likeness (QED) is 0.655. The van der Waals surface area contributed by atoms with Gasteiger partial charge in [0.25, 0.3) is 0 Å². The predicted octanol–water partition coefficient (Wildman–Crippen LogP) is 2.06. The third-order valence-corrected chi connectivity index (χ3v) is 4.82. The van der Waals surface area contributed by atoms with Gasteiger partial charge in [-0.2, -0.15) is 0 Å². The molecule has 4 nitrogen and oxygen atoms in total. The van der Waals surface area contributed by atoms with E-state index in [9.17, 15) is 0 Å². The van der Waals surface area contributed by atoms with Gasteiger partial charge in [0, 0.05) is 18.5 Å². The molecule has 0 saturated carbocycles. The minimum Gasteiger partial charge on any atom is -0.370 e. The van der Waals surface area contributed by atoms with Gasteiger partial charge in [-0.05, 0) is 43.3 Å². The fraction of sp³-hybridized carbons (Fsp3) is 0.643. The van der Waals surface area contributed by atoms with Crippen LogP contribution < -0.4 is 11.1 Å². The van der Waals surface area contributed by atoms with Crippen molar-refractivity contribution in [1.82, 2.24) is 10.2 Å². The van der Waals surface area contributed by atoms with Crippen LogP contribution in [0.1, 0.15) is 30.7 Å². The highest BCUT2D eigenvalue weighted by Crippen LogP contribution is 2.28. The molecule has 0 unspecified atom stereocenters. The van der Waals surface area contributed by atoms with Crippen molar-refractivity contribution in [3.05, 3.63) is 22.4 Å². The molecule has 1 saturated heterocycles. The largest absolute Gasteiger partial charge is 0.370 e. The average molecular weight is 280 g/mol. The molecule has 0 spiro atoms. The van der Waals surface area contributed by atoms with Crippen LogP contribution >= 0.6 is 11.3 Å². The molecule has 1 aromatic rings. The van der Waals surface area contributed by atoms with Crippen LogP contribution in [-0.4, -0.2) is 37.5 Å². The Morgan fingerprint density at radius 3 is 2.89 bits per heavy atom. The lowest BCUT2D eigenvalue weighted by molar-refractivity contribution is 0.140. The summed E-state index contributed by atoms with van der Waals surface area (Å²) in [5, 5.41) is 5.37. The minimum atomic E-state index is 0.410. The molecule has 19 heavy (non-hydrogen) atoms. The average Bonchev–Trinajstić information content (AvgIpc) is 2.94. The number of likely N-dealkylation sites (tertiary alicyclic amines) is 1. The summed E-state index contributed by atoms with van der Waals surface area (Å²) in [6.45, 7) is 5.53. The SMILES string of the molecule is CN=C(N)NC[C@@H](c1cccs1)N1CCC(C)CC1. The zero-order valence-electron chi connectivity index (χ0n) is 11.8. The maximum atomic E-state index is 5.75. The van der Waals surface area contributed by atoms with Crippen LogP contribution in [0.3, 0.4) is 0 Å². The number of nitrogens with zero attached hydrogens (tertiary/aromatic N) is 2. The molecule has 0 aliphatic carbocycles. The van der Waals surface area contributed by atoms with Gasteiger partial charge in [-0.25, -0.2) is 0 Å². The maximum Gasteiger partial charge on any atom is 0.188 e. The van der Waals surface area contributed by atoms with E-state index in [1.165, 1.54) is 30.8 Å². The number of nitrogens with two attached hydrogens (primary N) is 1. The fourth-order valence-corrected chi connectivity index (χ4v) is 3.37. The van der Waals surface area contributed by atoms with Crippen molar-refractivity contribution >= 4 is 17.3 Å². The van der Waals surface area contributed by atoms with Gasteiger partial charge in [0.1, 0.15) is 0 Å². The molecule has 0 aromatic carbocycles. The third kappa shape index (κ3) is 3.94. The number of guanidine groups is 1. The molecule has 1 aromatic heterocycles. The maximum absolute atomic E-state index is 5.75. The monoisotopic (exact) mass is 280 g/mol. The smallest absolute Gasteiger partial charge is 0.188 e. The Labute approximate surface area is 119 Å². The Balaban J connectivity index is 2.02. The van der Waals surface area contributed by atoms with Crippen LogP contribution in [0.4, 0.5) is 0 Å². The molecule has 0 amide bonds. The summed E-state index contributed by atoms with van der Waals surface area (Å²) in [6.07, 6.45) is 2.58. The van der Waals surface area contributed by atoms with Crippen molar-refractivity contribution in [2.45, 2.75) is 25.8 Å². The van der Waals surface area contributed by atoms with Crippen LogP contribution in [0.5, 0.6) is 0 Å². The highest BCUT2D eigenvalue weighted by molar-refractivity contribution is 7.10. The van der Waals surface area contributed by atoms with Crippen LogP contribution in [-0.2, 0) is 0 Å². The number of hydrogen-bond acceptors (Lipinski definition) is 3. The molecule has 0 radical (unpaired) electrons. The van der Waals surface area contributed by atoms with Crippen LogP contribution in [0.25, 0.3) is 0 Å². The summed E-state index contributed by atoms with van der Waals surface area (Å²) in [6, 6.07) is 4.75. The Kier molecular flexibility index (Phi) is 5.22. The second-order valence-corrected chi connectivity index (χ2v) is 6.22. The molecule has 1 aliphatic heterocycles. The number of rotatable bonds is 4. The molecule has 1 aliphatic rings. The highest BCUT2D eigenvalue weighted by Gasteiger charge is 2.25. The number of piperidine rings is 1. The second kappa shape index (κ2) is 6.91. The van der Waals surface area contributed by atoms with E-state index in [0.717, 1.165) is 12.5 Å².